The van der Waals surface area contributed by atoms with Crippen molar-refractivity contribution < 1.29 is 4.79 Å². The van der Waals surface area contributed by atoms with Gasteiger partial charge in [-0.1, -0.05) is 45.8 Å². The highest BCUT2D eigenvalue weighted by molar-refractivity contribution is 9.10. The SMILES string of the molecule is Cc1ccc(C2c3[nH]c4ccc(Br)cc4c3CCN2C=O)cc1. The molecular formula is C19H17BrN2O. The second-order valence-electron chi connectivity index (χ2n) is 6.11. The molecule has 0 saturated heterocycles. The molecule has 1 atom stereocenters. The number of carbonyl (C=O) groups is 1. The molecule has 1 unspecified atom stereocenters. The maximum absolute atomic E-state index is 11.6. The van der Waals surface area contributed by atoms with Gasteiger partial charge in [0.2, 0.25) is 6.41 Å². The molecule has 1 aliphatic heterocycles. The van der Waals surface area contributed by atoms with Gasteiger partial charge in [-0.2, -0.15) is 0 Å². The predicted octanol–water partition coefficient (Wildman–Crippen LogP) is 4.34. The van der Waals surface area contributed by atoms with Crippen molar-refractivity contribution in [2.45, 2.75) is 19.4 Å². The molecule has 4 heteroatoms. The number of aryl methyl sites for hydroxylation is 1. The standard InChI is InChI=1S/C19H17BrN2O/c1-12-2-4-13(5-3-12)19-18-15(8-9-22(19)11-23)16-10-14(20)6-7-17(16)21-18/h2-7,10-11,19,21H,8-9H2,1H3. The molecule has 3 nitrogen and oxygen atoms in total. The molecule has 0 fully saturated rings. The number of hydrogen-bond donors (Lipinski definition) is 1. The van der Waals surface area contributed by atoms with Crippen LogP contribution in [0.4, 0.5) is 0 Å². The molecule has 1 amide bonds. The lowest BCUT2D eigenvalue weighted by Gasteiger charge is -2.33. The molecule has 0 aliphatic carbocycles. The van der Waals surface area contributed by atoms with E-state index in [-0.39, 0.29) is 6.04 Å². The number of fused-ring (bicyclic) bond motifs is 3. The van der Waals surface area contributed by atoms with Crippen LogP contribution in [0.25, 0.3) is 10.9 Å². The molecule has 1 aromatic heterocycles. The smallest absolute Gasteiger partial charge is 0.210 e. The number of aromatic amines is 1. The van der Waals surface area contributed by atoms with Gasteiger partial charge in [0.05, 0.1) is 6.04 Å². The average molecular weight is 369 g/mol. The lowest BCUT2D eigenvalue weighted by atomic mass is 9.92. The van der Waals surface area contributed by atoms with Crippen LogP contribution in [-0.2, 0) is 11.2 Å². The highest BCUT2D eigenvalue weighted by Gasteiger charge is 2.30. The van der Waals surface area contributed by atoms with Crippen molar-refractivity contribution in [3.63, 3.8) is 0 Å². The number of hydrogen-bond acceptors (Lipinski definition) is 1. The molecule has 1 aliphatic rings. The Hall–Kier alpha value is -2.07. The zero-order valence-electron chi connectivity index (χ0n) is 12.8. The summed E-state index contributed by atoms with van der Waals surface area (Å²) in [5, 5.41) is 1.25. The molecule has 23 heavy (non-hydrogen) atoms. The summed E-state index contributed by atoms with van der Waals surface area (Å²) in [4.78, 5) is 17.0. The first kappa shape index (κ1) is 14.5. The quantitative estimate of drug-likeness (QED) is 0.670. The van der Waals surface area contributed by atoms with Gasteiger partial charge in [-0.15, -0.1) is 0 Å². The van der Waals surface area contributed by atoms with Crippen LogP contribution in [0.2, 0.25) is 0 Å². The number of benzene rings is 2. The van der Waals surface area contributed by atoms with E-state index in [0.717, 1.165) is 40.6 Å². The number of rotatable bonds is 2. The average Bonchev–Trinajstić information content (AvgIpc) is 2.92. The third-order valence-electron chi connectivity index (χ3n) is 4.65. The number of carbonyl (C=O) groups excluding carboxylic acids is 1. The highest BCUT2D eigenvalue weighted by atomic mass is 79.9. The fourth-order valence-corrected chi connectivity index (χ4v) is 3.86. The van der Waals surface area contributed by atoms with Crippen molar-refractivity contribution in [1.82, 2.24) is 9.88 Å². The second kappa shape index (κ2) is 5.53. The van der Waals surface area contributed by atoms with E-state index in [1.165, 1.54) is 16.5 Å². The summed E-state index contributed by atoms with van der Waals surface area (Å²) in [5.41, 5.74) is 5.96. The summed E-state index contributed by atoms with van der Waals surface area (Å²) < 4.78 is 1.08. The normalized spacial score (nSPS) is 17.3. The van der Waals surface area contributed by atoms with E-state index >= 15 is 0 Å². The number of halogens is 1. The minimum atomic E-state index is -0.0389. The summed E-state index contributed by atoms with van der Waals surface area (Å²) in [6.07, 6.45) is 1.85. The van der Waals surface area contributed by atoms with Gasteiger partial charge in [-0.05, 0) is 42.7 Å². The Balaban J connectivity index is 1.92. The van der Waals surface area contributed by atoms with Gasteiger partial charge < -0.3 is 9.88 Å². The van der Waals surface area contributed by atoms with Crippen molar-refractivity contribution in [2.75, 3.05) is 6.54 Å². The lowest BCUT2D eigenvalue weighted by Crippen LogP contribution is -2.34. The highest BCUT2D eigenvalue weighted by Crippen LogP contribution is 2.38. The number of aromatic nitrogens is 1. The number of nitrogens with zero attached hydrogens (tertiary/aromatic N) is 1. The first-order valence-electron chi connectivity index (χ1n) is 7.75. The predicted molar refractivity (Wildman–Crippen MR) is 95.5 cm³/mol. The van der Waals surface area contributed by atoms with E-state index in [0.29, 0.717) is 0 Å². The molecule has 2 heterocycles. The van der Waals surface area contributed by atoms with Crippen molar-refractivity contribution in [1.29, 1.82) is 0 Å². The van der Waals surface area contributed by atoms with Gasteiger partial charge in [-0.25, -0.2) is 0 Å². The van der Waals surface area contributed by atoms with Crippen LogP contribution < -0.4 is 0 Å². The van der Waals surface area contributed by atoms with Crippen molar-refractivity contribution in [2.24, 2.45) is 0 Å². The maximum atomic E-state index is 11.6. The van der Waals surface area contributed by atoms with Gasteiger partial charge in [0.1, 0.15) is 0 Å². The van der Waals surface area contributed by atoms with E-state index in [1.807, 2.05) is 11.0 Å². The summed E-state index contributed by atoms with van der Waals surface area (Å²) in [5.74, 6) is 0. The molecule has 0 bridgehead atoms. The van der Waals surface area contributed by atoms with Crippen LogP contribution in [-0.4, -0.2) is 22.8 Å². The van der Waals surface area contributed by atoms with E-state index < -0.39 is 0 Å². The molecular weight excluding hydrogens is 352 g/mol. The lowest BCUT2D eigenvalue weighted by molar-refractivity contribution is -0.120. The number of amides is 1. The van der Waals surface area contributed by atoms with Gasteiger partial charge in [0.25, 0.3) is 0 Å². The van der Waals surface area contributed by atoms with E-state index in [4.69, 9.17) is 0 Å². The van der Waals surface area contributed by atoms with Gasteiger partial charge in [-0.3, -0.25) is 4.79 Å². The summed E-state index contributed by atoms with van der Waals surface area (Å²) in [6, 6.07) is 14.7. The molecule has 1 N–H and O–H groups in total. The van der Waals surface area contributed by atoms with E-state index in [9.17, 15) is 4.79 Å². The molecule has 2 aromatic carbocycles. The van der Waals surface area contributed by atoms with E-state index in [2.05, 4.69) is 64.2 Å². The Bertz CT molecular complexity index is 882. The minimum Gasteiger partial charge on any atom is -0.356 e. The monoisotopic (exact) mass is 368 g/mol. The van der Waals surface area contributed by atoms with Gasteiger partial charge in [0.15, 0.2) is 0 Å². The number of H-pyrrole nitrogens is 1. The van der Waals surface area contributed by atoms with Gasteiger partial charge >= 0.3 is 0 Å². The largest absolute Gasteiger partial charge is 0.356 e. The second-order valence-corrected chi connectivity index (χ2v) is 7.03. The van der Waals surface area contributed by atoms with Crippen LogP contribution in [0.3, 0.4) is 0 Å². The fourth-order valence-electron chi connectivity index (χ4n) is 3.50. The molecule has 0 spiro atoms. The van der Waals surface area contributed by atoms with Crippen LogP contribution in [0, 0.1) is 6.92 Å². The molecule has 3 aromatic rings. The summed E-state index contributed by atoms with van der Waals surface area (Å²) in [6.45, 7) is 2.82. The zero-order chi connectivity index (χ0) is 16.0. The Kier molecular flexibility index (Phi) is 3.49. The molecule has 0 radical (unpaired) electrons. The molecule has 116 valence electrons. The number of nitrogens with one attached hydrogen (secondary N) is 1. The summed E-state index contributed by atoms with van der Waals surface area (Å²) >= 11 is 3.56. The van der Waals surface area contributed by atoms with Crippen LogP contribution in [0.5, 0.6) is 0 Å². The van der Waals surface area contributed by atoms with Crippen molar-refractivity contribution >= 4 is 33.2 Å². The molecule has 0 saturated carbocycles. The van der Waals surface area contributed by atoms with E-state index in [1.54, 1.807) is 0 Å². The Morgan fingerprint density at radius 3 is 2.74 bits per heavy atom. The Labute approximate surface area is 143 Å². The van der Waals surface area contributed by atoms with Crippen molar-refractivity contribution in [3.8, 4) is 0 Å². The summed E-state index contributed by atoms with van der Waals surface area (Å²) in [7, 11) is 0. The minimum absolute atomic E-state index is 0.0389. The van der Waals surface area contributed by atoms with Crippen LogP contribution >= 0.6 is 15.9 Å². The first-order valence-corrected chi connectivity index (χ1v) is 8.54. The van der Waals surface area contributed by atoms with Crippen molar-refractivity contribution in [3.05, 3.63) is 69.3 Å². The third-order valence-corrected chi connectivity index (χ3v) is 5.15. The van der Waals surface area contributed by atoms with Gasteiger partial charge in [0, 0.05) is 27.6 Å². The first-order chi connectivity index (χ1) is 11.2. The maximum Gasteiger partial charge on any atom is 0.210 e. The Morgan fingerprint density at radius 2 is 2.00 bits per heavy atom. The van der Waals surface area contributed by atoms with Crippen LogP contribution in [0.15, 0.2) is 46.9 Å². The topological polar surface area (TPSA) is 36.1 Å². The third kappa shape index (κ3) is 2.38. The molecule has 4 rings (SSSR count). The Morgan fingerprint density at radius 1 is 1.22 bits per heavy atom. The van der Waals surface area contributed by atoms with Crippen LogP contribution in [0.1, 0.15) is 28.4 Å². The fraction of sp³-hybridized carbons (Fsp3) is 0.211. The zero-order valence-corrected chi connectivity index (χ0v) is 14.4.